The second-order valence-corrected chi connectivity index (χ2v) is 10.5. The van der Waals surface area contributed by atoms with Crippen LogP contribution in [0.3, 0.4) is 0 Å². The number of aromatic amines is 1. The lowest BCUT2D eigenvalue weighted by molar-refractivity contribution is 0.131. The molecule has 0 aliphatic carbocycles. The number of aryl methyl sites for hydroxylation is 1. The Labute approximate surface area is 199 Å². The first-order valence-corrected chi connectivity index (χ1v) is 13.1. The number of ether oxygens (including phenoxy) is 1. The Morgan fingerprint density at radius 1 is 1.26 bits per heavy atom. The molecule has 1 aliphatic rings. The largest absolute Gasteiger partial charge is 0.474 e. The van der Waals surface area contributed by atoms with Crippen molar-refractivity contribution < 1.29 is 13.2 Å². The summed E-state index contributed by atoms with van der Waals surface area (Å²) < 4.78 is 31.6. The number of fused-ring (bicyclic) bond motifs is 1. The molecule has 3 aromatic rings. The predicted octanol–water partition coefficient (Wildman–Crippen LogP) is 3.09. The number of aliphatic imine (C=N–C) groups is 1. The minimum Gasteiger partial charge on any atom is -0.474 e. The highest BCUT2D eigenvalue weighted by molar-refractivity contribution is 7.88. The molecule has 34 heavy (non-hydrogen) atoms. The first-order chi connectivity index (χ1) is 16.3. The Bertz CT molecular complexity index is 1310. The summed E-state index contributed by atoms with van der Waals surface area (Å²) in [4.78, 5) is 17.5. The number of sulfonamides is 1. The van der Waals surface area contributed by atoms with Crippen LogP contribution < -0.4 is 10.5 Å². The standard InChI is InChI=1S/C24H30N6O3S/c1-16-6-4-7-21-22(16)24(33-18-10-14-30(15-11-18)34(3,31)32)29-23(28-21)17(2)27-20(9-12-25)19-8-5-13-26-19/h4-9,12-13,17-18,26H,10-11,14-15,25H2,1-3H3. The van der Waals surface area contributed by atoms with E-state index in [-0.39, 0.29) is 12.1 Å². The van der Waals surface area contributed by atoms with Crippen molar-refractivity contribution in [3.05, 3.63) is 65.9 Å². The van der Waals surface area contributed by atoms with E-state index in [1.165, 1.54) is 16.8 Å². The molecule has 1 aromatic carbocycles. The van der Waals surface area contributed by atoms with E-state index in [4.69, 9.17) is 25.4 Å². The van der Waals surface area contributed by atoms with Crippen LogP contribution in [0.4, 0.5) is 0 Å². The second-order valence-electron chi connectivity index (χ2n) is 8.47. The Morgan fingerprint density at radius 2 is 2.03 bits per heavy atom. The molecule has 10 heteroatoms. The lowest BCUT2D eigenvalue weighted by Gasteiger charge is -2.30. The molecular formula is C24H30N6O3S. The first-order valence-electron chi connectivity index (χ1n) is 11.2. The summed E-state index contributed by atoms with van der Waals surface area (Å²) in [6.07, 6.45) is 7.34. The number of nitrogens with zero attached hydrogens (tertiary/aromatic N) is 4. The van der Waals surface area contributed by atoms with Crippen LogP contribution in [-0.4, -0.2) is 58.8 Å². The van der Waals surface area contributed by atoms with E-state index in [2.05, 4.69) is 4.98 Å². The molecule has 3 N–H and O–H groups in total. The number of H-pyrrole nitrogens is 1. The minimum atomic E-state index is -3.20. The van der Waals surface area contributed by atoms with Crippen LogP contribution >= 0.6 is 0 Å². The zero-order chi connectivity index (χ0) is 24.3. The summed E-state index contributed by atoms with van der Waals surface area (Å²) >= 11 is 0. The van der Waals surface area contributed by atoms with Crippen LogP contribution in [0.15, 0.2) is 53.8 Å². The fourth-order valence-corrected chi connectivity index (χ4v) is 4.97. The fourth-order valence-electron chi connectivity index (χ4n) is 4.09. The van der Waals surface area contributed by atoms with Crippen molar-refractivity contribution in [1.82, 2.24) is 19.3 Å². The Morgan fingerprint density at radius 3 is 2.68 bits per heavy atom. The Kier molecular flexibility index (Phi) is 6.99. The lowest BCUT2D eigenvalue weighted by Crippen LogP contribution is -2.41. The van der Waals surface area contributed by atoms with Gasteiger partial charge in [-0.25, -0.2) is 17.7 Å². The maximum Gasteiger partial charge on any atom is 0.225 e. The van der Waals surface area contributed by atoms with Crippen LogP contribution in [0.5, 0.6) is 5.88 Å². The first kappa shape index (κ1) is 23.9. The quantitative estimate of drug-likeness (QED) is 0.498. The molecule has 0 bridgehead atoms. The van der Waals surface area contributed by atoms with Gasteiger partial charge in [-0.1, -0.05) is 12.1 Å². The van der Waals surface area contributed by atoms with Gasteiger partial charge in [-0.2, -0.15) is 4.98 Å². The number of rotatable bonds is 7. The van der Waals surface area contributed by atoms with Crippen LogP contribution in [-0.2, 0) is 10.0 Å². The van der Waals surface area contributed by atoms with Crippen LogP contribution in [0, 0.1) is 6.92 Å². The summed E-state index contributed by atoms with van der Waals surface area (Å²) in [5.74, 6) is 1.05. The van der Waals surface area contributed by atoms with Gasteiger partial charge in [0.05, 0.1) is 28.6 Å². The number of benzene rings is 1. The molecule has 0 saturated carbocycles. The van der Waals surface area contributed by atoms with E-state index >= 15 is 0 Å². The highest BCUT2D eigenvalue weighted by Crippen LogP contribution is 2.30. The van der Waals surface area contributed by atoms with Gasteiger partial charge in [-0.3, -0.25) is 4.99 Å². The number of hydrogen-bond acceptors (Lipinski definition) is 7. The third-order valence-corrected chi connectivity index (χ3v) is 7.20. The van der Waals surface area contributed by atoms with Gasteiger partial charge < -0.3 is 15.5 Å². The van der Waals surface area contributed by atoms with E-state index in [9.17, 15) is 8.42 Å². The van der Waals surface area contributed by atoms with E-state index in [0.29, 0.717) is 43.3 Å². The third-order valence-electron chi connectivity index (χ3n) is 5.90. The van der Waals surface area contributed by atoms with E-state index in [1.54, 1.807) is 6.08 Å². The van der Waals surface area contributed by atoms with E-state index < -0.39 is 10.0 Å². The number of hydrogen-bond donors (Lipinski definition) is 2. The molecule has 0 spiro atoms. The molecule has 9 nitrogen and oxygen atoms in total. The van der Waals surface area contributed by atoms with Crippen molar-refractivity contribution in [2.45, 2.75) is 38.8 Å². The zero-order valence-electron chi connectivity index (χ0n) is 19.6. The molecule has 4 rings (SSSR count). The molecular weight excluding hydrogens is 452 g/mol. The number of nitrogens with two attached hydrogens (primary N) is 1. The van der Waals surface area contributed by atoms with E-state index in [0.717, 1.165) is 22.2 Å². The molecule has 180 valence electrons. The summed E-state index contributed by atoms with van der Waals surface area (Å²) in [6, 6.07) is 9.37. The van der Waals surface area contributed by atoms with Gasteiger partial charge in [-0.05, 0) is 62.7 Å². The van der Waals surface area contributed by atoms with Gasteiger partial charge in [-0.15, -0.1) is 0 Å². The van der Waals surface area contributed by atoms with Crippen LogP contribution in [0.25, 0.3) is 10.9 Å². The highest BCUT2D eigenvalue weighted by atomic mass is 32.2. The maximum absolute atomic E-state index is 11.8. The van der Waals surface area contributed by atoms with Crippen molar-refractivity contribution in [2.24, 2.45) is 10.7 Å². The molecule has 3 heterocycles. The average Bonchev–Trinajstić information content (AvgIpc) is 3.33. The second kappa shape index (κ2) is 9.94. The van der Waals surface area contributed by atoms with Gasteiger partial charge in [0.25, 0.3) is 0 Å². The van der Waals surface area contributed by atoms with Crippen molar-refractivity contribution in [2.75, 3.05) is 19.3 Å². The highest BCUT2D eigenvalue weighted by Gasteiger charge is 2.27. The van der Waals surface area contributed by atoms with Crippen molar-refractivity contribution in [1.29, 1.82) is 0 Å². The van der Waals surface area contributed by atoms with Gasteiger partial charge in [0.2, 0.25) is 15.9 Å². The summed E-state index contributed by atoms with van der Waals surface area (Å²) in [5, 5.41) is 0.861. The summed E-state index contributed by atoms with van der Waals surface area (Å²) in [6.45, 7) is 4.80. The average molecular weight is 483 g/mol. The van der Waals surface area contributed by atoms with Gasteiger partial charge in [0, 0.05) is 19.3 Å². The molecule has 1 aliphatic heterocycles. The van der Waals surface area contributed by atoms with Crippen LogP contribution in [0.1, 0.15) is 42.9 Å². The Hall–Kier alpha value is -3.24. The predicted molar refractivity (Wildman–Crippen MR) is 133 cm³/mol. The zero-order valence-corrected chi connectivity index (χ0v) is 20.4. The molecule has 1 saturated heterocycles. The SMILES string of the molecule is Cc1cccc2nc(C(C)N=C(C=CN)c3ccc[nH]3)nc(OC3CCN(S(C)(=O)=O)CC3)c12. The topological polar surface area (TPSA) is 127 Å². The molecule has 1 fully saturated rings. The summed E-state index contributed by atoms with van der Waals surface area (Å²) in [5.41, 5.74) is 8.98. The molecule has 0 amide bonds. The number of piperidine rings is 1. The normalized spacial score (nSPS) is 17.4. The van der Waals surface area contributed by atoms with Crippen molar-refractivity contribution in [3.63, 3.8) is 0 Å². The number of nitrogens with one attached hydrogen (secondary N) is 1. The molecule has 1 atom stereocenters. The Balaban J connectivity index is 1.67. The van der Waals surface area contributed by atoms with Crippen molar-refractivity contribution in [3.8, 4) is 5.88 Å². The number of allylic oxidation sites excluding steroid dienone is 1. The molecule has 2 aromatic heterocycles. The smallest absolute Gasteiger partial charge is 0.225 e. The number of aromatic nitrogens is 3. The minimum absolute atomic E-state index is 0.128. The van der Waals surface area contributed by atoms with Gasteiger partial charge in [0.15, 0.2) is 5.82 Å². The van der Waals surface area contributed by atoms with E-state index in [1.807, 2.05) is 50.4 Å². The third kappa shape index (κ3) is 5.28. The van der Waals surface area contributed by atoms with Gasteiger partial charge >= 0.3 is 0 Å². The van der Waals surface area contributed by atoms with Gasteiger partial charge in [0.1, 0.15) is 12.1 Å². The monoisotopic (exact) mass is 482 g/mol. The lowest BCUT2D eigenvalue weighted by atomic mass is 10.1. The molecule has 1 unspecified atom stereocenters. The molecule has 0 radical (unpaired) electrons. The fraction of sp³-hybridized carbons (Fsp3) is 0.375. The maximum atomic E-state index is 11.8. The van der Waals surface area contributed by atoms with Crippen molar-refractivity contribution >= 4 is 26.6 Å². The van der Waals surface area contributed by atoms with Crippen LogP contribution in [0.2, 0.25) is 0 Å². The summed E-state index contributed by atoms with van der Waals surface area (Å²) in [7, 11) is -3.20.